The van der Waals surface area contributed by atoms with Crippen LogP contribution in [0, 0.1) is 0 Å². The predicted molar refractivity (Wildman–Crippen MR) is 111 cm³/mol. The second kappa shape index (κ2) is 16.6. The summed E-state index contributed by atoms with van der Waals surface area (Å²) in [5.74, 6) is 0.710. The molecule has 0 saturated heterocycles. The third kappa shape index (κ3) is 19.4. The number of alkyl carbamates (subject to hydrolysis) is 1. The molecule has 0 radical (unpaired) electrons. The molecule has 0 aliphatic carbocycles. The summed E-state index contributed by atoms with van der Waals surface area (Å²) in [7, 11) is 3.37. The number of unbranched alkanes of at least 4 members (excludes halogenated alkanes) is 1. The van der Waals surface area contributed by atoms with Crippen LogP contribution in [0.1, 0.15) is 33.6 Å². The van der Waals surface area contributed by atoms with E-state index in [2.05, 4.69) is 20.9 Å². The number of halogens is 1. The molecule has 0 heterocycles. The van der Waals surface area contributed by atoms with Gasteiger partial charge in [-0.1, -0.05) is 0 Å². The second-order valence-electron chi connectivity index (χ2n) is 6.17. The number of guanidine groups is 1. The number of methoxy groups -OCH3 is 1. The molecule has 8 nitrogen and oxygen atoms in total. The number of carbonyl (C=O) groups is 1. The van der Waals surface area contributed by atoms with Crippen molar-refractivity contribution >= 4 is 36.0 Å². The van der Waals surface area contributed by atoms with E-state index in [0.717, 1.165) is 26.0 Å². The van der Waals surface area contributed by atoms with Crippen molar-refractivity contribution in [2.45, 2.75) is 39.2 Å². The lowest BCUT2D eigenvalue weighted by atomic mass is 10.2. The van der Waals surface area contributed by atoms with Gasteiger partial charge in [-0.15, -0.1) is 24.0 Å². The number of rotatable bonds is 11. The Hall–Kier alpha value is -0.810. The van der Waals surface area contributed by atoms with Crippen molar-refractivity contribution in [1.82, 2.24) is 16.0 Å². The van der Waals surface area contributed by atoms with E-state index < -0.39 is 11.7 Å². The SMILES string of the molecule is CN=C(NCCCCOCCOC)NCCNC(=O)OC(C)(C)C.I. The van der Waals surface area contributed by atoms with Gasteiger partial charge in [0, 0.05) is 40.4 Å². The van der Waals surface area contributed by atoms with Crippen LogP contribution in [-0.2, 0) is 14.2 Å². The smallest absolute Gasteiger partial charge is 0.407 e. The maximum Gasteiger partial charge on any atom is 0.407 e. The monoisotopic (exact) mass is 474 g/mol. The summed E-state index contributed by atoms with van der Waals surface area (Å²) >= 11 is 0. The molecule has 0 fully saturated rings. The first-order chi connectivity index (χ1) is 11.4. The Bertz CT molecular complexity index is 363. The van der Waals surface area contributed by atoms with E-state index in [4.69, 9.17) is 14.2 Å². The summed E-state index contributed by atoms with van der Waals surface area (Å²) in [4.78, 5) is 15.6. The molecule has 3 N–H and O–H groups in total. The first kappa shape index (κ1) is 26.4. The molecule has 0 unspecified atom stereocenters. The maximum absolute atomic E-state index is 11.5. The van der Waals surface area contributed by atoms with E-state index in [1.165, 1.54) is 0 Å². The number of ether oxygens (including phenoxy) is 3. The molecule has 0 bridgehead atoms. The Balaban J connectivity index is 0. The topological polar surface area (TPSA) is 93.2 Å². The molecule has 9 heteroatoms. The molecule has 0 rings (SSSR count). The highest BCUT2D eigenvalue weighted by molar-refractivity contribution is 14.0. The van der Waals surface area contributed by atoms with E-state index in [0.29, 0.717) is 32.3 Å². The zero-order valence-electron chi connectivity index (χ0n) is 16.1. The van der Waals surface area contributed by atoms with Crippen molar-refractivity contribution in [3.63, 3.8) is 0 Å². The molecular formula is C16H35IN4O4. The number of aliphatic imine (C=N–C) groups is 1. The van der Waals surface area contributed by atoms with Crippen LogP contribution in [0.4, 0.5) is 4.79 Å². The minimum absolute atomic E-state index is 0. The highest BCUT2D eigenvalue weighted by atomic mass is 127. The van der Waals surface area contributed by atoms with Crippen LogP contribution in [0.5, 0.6) is 0 Å². The van der Waals surface area contributed by atoms with Gasteiger partial charge in [-0.25, -0.2) is 4.79 Å². The molecule has 150 valence electrons. The molecule has 0 atom stereocenters. The van der Waals surface area contributed by atoms with Gasteiger partial charge in [-0.3, -0.25) is 4.99 Å². The lowest BCUT2D eigenvalue weighted by Gasteiger charge is -2.19. The predicted octanol–water partition coefficient (Wildman–Crippen LogP) is 1.74. The zero-order valence-corrected chi connectivity index (χ0v) is 18.5. The van der Waals surface area contributed by atoms with Crippen LogP contribution in [-0.4, -0.2) is 71.3 Å². The van der Waals surface area contributed by atoms with Crippen molar-refractivity contribution < 1.29 is 19.0 Å². The summed E-state index contributed by atoms with van der Waals surface area (Å²) in [6, 6.07) is 0. The minimum Gasteiger partial charge on any atom is -0.444 e. The second-order valence-corrected chi connectivity index (χ2v) is 6.17. The van der Waals surface area contributed by atoms with Crippen molar-refractivity contribution in [2.75, 3.05) is 53.6 Å². The molecule has 25 heavy (non-hydrogen) atoms. The average molecular weight is 474 g/mol. The zero-order chi connectivity index (χ0) is 18.3. The van der Waals surface area contributed by atoms with Crippen LogP contribution < -0.4 is 16.0 Å². The first-order valence-corrected chi connectivity index (χ1v) is 8.37. The molecule has 0 aliphatic rings. The molecule has 0 saturated carbocycles. The third-order valence-corrected chi connectivity index (χ3v) is 2.75. The third-order valence-electron chi connectivity index (χ3n) is 2.75. The van der Waals surface area contributed by atoms with E-state index in [-0.39, 0.29) is 24.0 Å². The van der Waals surface area contributed by atoms with Gasteiger partial charge in [0.15, 0.2) is 5.96 Å². The van der Waals surface area contributed by atoms with E-state index >= 15 is 0 Å². The number of hydrogen-bond acceptors (Lipinski definition) is 5. The van der Waals surface area contributed by atoms with E-state index in [1.54, 1.807) is 14.2 Å². The van der Waals surface area contributed by atoms with Gasteiger partial charge in [-0.2, -0.15) is 0 Å². The Morgan fingerprint density at radius 3 is 2.20 bits per heavy atom. The maximum atomic E-state index is 11.5. The van der Waals surface area contributed by atoms with Crippen LogP contribution in [0.2, 0.25) is 0 Å². The molecule has 0 aromatic heterocycles. The molecule has 0 aliphatic heterocycles. The molecular weight excluding hydrogens is 439 g/mol. The van der Waals surface area contributed by atoms with Gasteiger partial charge in [0.2, 0.25) is 0 Å². The number of carbonyl (C=O) groups excluding carboxylic acids is 1. The van der Waals surface area contributed by atoms with Gasteiger partial charge < -0.3 is 30.2 Å². The lowest BCUT2D eigenvalue weighted by molar-refractivity contribution is 0.0529. The number of hydrogen-bond donors (Lipinski definition) is 3. The summed E-state index contributed by atoms with van der Waals surface area (Å²) in [5, 5.41) is 9.03. The molecule has 0 spiro atoms. The van der Waals surface area contributed by atoms with Crippen LogP contribution in [0.15, 0.2) is 4.99 Å². The average Bonchev–Trinajstić information content (AvgIpc) is 2.50. The van der Waals surface area contributed by atoms with Gasteiger partial charge >= 0.3 is 6.09 Å². The Kier molecular flexibility index (Phi) is 17.6. The molecule has 1 amide bonds. The summed E-state index contributed by atoms with van der Waals surface area (Å²) in [6.07, 6.45) is 1.55. The Labute approximate surface area is 168 Å². The van der Waals surface area contributed by atoms with Crippen LogP contribution in [0.25, 0.3) is 0 Å². The highest BCUT2D eigenvalue weighted by Gasteiger charge is 2.15. The fourth-order valence-corrected chi connectivity index (χ4v) is 1.66. The van der Waals surface area contributed by atoms with Crippen molar-refractivity contribution in [2.24, 2.45) is 4.99 Å². The fourth-order valence-electron chi connectivity index (χ4n) is 1.66. The van der Waals surface area contributed by atoms with Gasteiger partial charge in [0.1, 0.15) is 5.60 Å². The lowest BCUT2D eigenvalue weighted by Crippen LogP contribution is -2.42. The van der Waals surface area contributed by atoms with E-state index in [9.17, 15) is 4.79 Å². The van der Waals surface area contributed by atoms with Crippen molar-refractivity contribution in [1.29, 1.82) is 0 Å². The molecule has 0 aromatic rings. The normalized spacial score (nSPS) is 11.5. The number of nitrogens with one attached hydrogen (secondary N) is 3. The van der Waals surface area contributed by atoms with E-state index in [1.807, 2.05) is 20.8 Å². The van der Waals surface area contributed by atoms with Crippen molar-refractivity contribution in [3.05, 3.63) is 0 Å². The Morgan fingerprint density at radius 2 is 1.60 bits per heavy atom. The number of amides is 1. The largest absolute Gasteiger partial charge is 0.444 e. The van der Waals surface area contributed by atoms with Crippen molar-refractivity contribution in [3.8, 4) is 0 Å². The minimum atomic E-state index is -0.484. The number of nitrogens with zero attached hydrogens (tertiary/aromatic N) is 1. The van der Waals surface area contributed by atoms with Crippen LogP contribution in [0.3, 0.4) is 0 Å². The highest BCUT2D eigenvalue weighted by Crippen LogP contribution is 2.05. The summed E-state index contributed by atoms with van der Waals surface area (Å²) < 4.78 is 15.5. The summed E-state index contributed by atoms with van der Waals surface area (Å²) in [6.45, 7) is 9.34. The Morgan fingerprint density at radius 1 is 0.960 bits per heavy atom. The van der Waals surface area contributed by atoms with Gasteiger partial charge in [0.25, 0.3) is 0 Å². The molecule has 0 aromatic carbocycles. The quantitative estimate of drug-likeness (QED) is 0.183. The van der Waals surface area contributed by atoms with Gasteiger partial charge in [0.05, 0.1) is 13.2 Å². The first-order valence-electron chi connectivity index (χ1n) is 8.37. The fraction of sp³-hybridized carbons (Fsp3) is 0.875. The van der Waals surface area contributed by atoms with Gasteiger partial charge in [-0.05, 0) is 33.6 Å². The van der Waals surface area contributed by atoms with Crippen LogP contribution >= 0.6 is 24.0 Å². The standard InChI is InChI=1S/C16H34N4O4.HI/c1-16(2,3)24-15(21)20-10-9-19-14(17-4)18-8-6-7-11-23-13-12-22-5;/h6-13H2,1-5H3,(H,20,21)(H2,17,18,19);1H. The summed E-state index contributed by atoms with van der Waals surface area (Å²) in [5.41, 5.74) is -0.484.